The minimum atomic E-state index is -0.524. The van der Waals surface area contributed by atoms with Crippen molar-refractivity contribution in [2.75, 3.05) is 12.3 Å². The number of halogens is 1. The Kier molecular flexibility index (Phi) is 6.39. The van der Waals surface area contributed by atoms with Crippen molar-refractivity contribution in [3.05, 3.63) is 50.9 Å². The Morgan fingerprint density at radius 2 is 2.26 bits per heavy atom. The van der Waals surface area contributed by atoms with Crippen molar-refractivity contribution in [1.29, 1.82) is 5.26 Å². The van der Waals surface area contributed by atoms with E-state index in [9.17, 15) is 14.0 Å². The number of nitriles is 1. The molecule has 1 aliphatic rings. The summed E-state index contributed by atoms with van der Waals surface area (Å²) in [7, 11) is 0. The molecule has 0 bridgehead atoms. The Morgan fingerprint density at radius 1 is 1.45 bits per heavy atom. The number of rotatable bonds is 6. The van der Waals surface area contributed by atoms with Crippen LogP contribution in [0.4, 0.5) is 4.39 Å². The number of benzene rings is 1. The normalized spacial score (nSPS) is 15.5. The molecule has 3 aromatic rings. The van der Waals surface area contributed by atoms with E-state index in [-0.39, 0.29) is 41.0 Å². The van der Waals surface area contributed by atoms with Gasteiger partial charge < -0.3 is 5.32 Å². The van der Waals surface area contributed by atoms with Gasteiger partial charge in [0.1, 0.15) is 10.6 Å². The monoisotopic (exact) mass is 456 g/mol. The van der Waals surface area contributed by atoms with E-state index in [1.165, 1.54) is 26.8 Å². The molecule has 0 fully saturated rings. The molecule has 0 saturated heterocycles. The van der Waals surface area contributed by atoms with Crippen molar-refractivity contribution in [3.8, 4) is 11.8 Å². The van der Waals surface area contributed by atoms with Crippen molar-refractivity contribution in [1.82, 2.24) is 14.9 Å². The minimum absolute atomic E-state index is 0.0138. The summed E-state index contributed by atoms with van der Waals surface area (Å²) >= 11 is 2.61. The number of carbonyl (C=O) groups is 1. The van der Waals surface area contributed by atoms with Gasteiger partial charge in [0.2, 0.25) is 5.91 Å². The summed E-state index contributed by atoms with van der Waals surface area (Å²) in [5, 5.41) is 12.1. The third-order valence-corrected chi connectivity index (χ3v) is 7.37. The number of thioether (sulfide) groups is 1. The highest BCUT2D eigenvalue weighted by Crippen LogP contribution is 2.37. The van der Waals surface area contributed by atoms with Gasteiger partial charge in [-0.25, -0.2) is 9.37 Å². The van der Waals surface area contributed by atoms with Crippen LogP contribution >= 0.6 is 23.1 Å². The fourth-order valence-corrected chi connectivity index (χ4v) is 6.01. The molecule has 31 heavy (non-hydrogen) atoms. The maximum Gasteiger partial charge on any atom is 0.267 e. The fourth-order valence-electron chi connectivity index (χ4n) is 3.75. The maximum atomic E-state index is 14.7. The second-order valence-corrected chi connectivity index (χ2v) is 9.59. The summed E-state index contributed by atoms with van der Waals surface area (Å²) < 4.78 is 15.9. The number of aromatic nitrogens is 2. The van der Waals surface area contributed by atoms with Crippen LogP contribution in [0.15, 0.2) is 34.2 Å². The van der Waals surface area contributed by atoms with E-state index in [2.05, 4.69) is 12.2 Å². The first-order chi connectivity index (χ1) is 15.0. The van der Waals surface area contributed by atoms with Crippen LogP contribution in [-0.4, -0.2) is 27.8 Å². The minimum Gasteiger partial charge on any atom is -0.354 e. The SMILES string of the molecule is C[C@H]1CCc2c(sc3nc(SCC(=O)NCCC#N)n(-c4ccccc4F)c(=O)c23)C1. The average molecular weight is 457 g/mol. The number of carbonyl (C=O) groups excluding carboxylic acids is 1. The van der Waals surface area contributed by atoms with Gasteiger partial charge in [-0.2, -0.15) is 5.26 Å². The Morgan fingerprint density at radius 3 is 3.03 bits per heavy atom. The van der Waals surface area contributed by atoms with E-state index in [1.807, 2.05) is 6.07 Å². The van der Waals surface area contributed by atoms with Gasteiger partial charge in [0.25, 0.3) is 5.56 Å². The predicted molar refractivity (Wildman–Crippen MR) is 120 cm³/mol. The van der Waals surface area contributed by atoms with E-state index in [0.717, 1.165) is 36.6 Å². The van der Waals surface area contributed by atoms with Crippen LogP contribution in [0.3, 0.4) is 0 Å². The summed E-state index contributed by atoms with van der Waals surface area (Å²) in [6.45, 7) is 2.46. The molecule has 0 spiro atoms. The average Bonchev–Trinajstić information content (AvgIpc) is 3.11. The molecular formula is C22H21FN4O2S2. The molecule has 1 aliphatic carbocycles. The molecule has 2 aromatic heterocycles. The highest BCUT2D eigenvalue weighted by atomic mass is 32.2. The summed E-state index contributed by atoms with van der Waals surface area (Å²) in [5.74, 6) is -0.224. The molecule has 4 rings (SSSR count). The first kappa shape index (κ1) is 21.5. The molecule has 1 N–H and O–H groups in total. The lowest BCUT2D eigenvalue weighted by atomic mass is 9.89. The first-order valence-corrected chi connectivity index (χ1v) is 11.9. The van der Waals surface area contributed by atoms with Crippen molar-refractivity contribution >= 4 is 39.2 Å². The van der Waals surface area contributed by atoms with Gasteiger partial charge in [0, 0.05) is 11.4 Å². The maximum absolute atomic E-state index is 14.7. The number of thiophene rings is 1. The lowest BCUT2D eigenvalue weighted by molar-refractivity contribution is -0.118. The number of hydrogen-bond acceptors (Lipinski definition) is 6. The van der Waals surface area contributed by atoms with Crippen molar-refractivity contribution in [3.63, 3.8) is 0 Å². The van der Waals surface area contributed by atoms with Crippen LogP contribution in [-0.2, 0) is 17.6 Å². The number of para-hydroxylation sites is 1. The highest BCUT2D eigenvalue weighted by molar-refractivity contribution is 7.99. The standard InChI is InChI=1S/C22H21FN4O2S2/c1-13-7-8-14-17(11-13)31-20-19(14)21(29)27(16-6-3-2-5-15(16)23)22(26-20)30-12-18(28)25-10-4-9-24/h2-3,5-6,13H,4,7-8,10-12H2,1H3,(H,25,28)/t13-/m0/s1. The third kappa shape index (κ3) is 4.36. The summed E-state index contributed by atoms with van der Waals surface area (Å²) in [4.78, 5) is 32.2. The van der Waals surface area contributed by atoms with E-state index < -0.39 is 5.82 Å². The number of nitrogens with zero attached hydrogens (tertiary/aromatic N) is 3. The summed E-state index contributed by atoms with van der Waals surface area (Å²) in [6.07, 6.45) is 2.97. The van der Waals surface area contributed by atoms with Gasteiger partial charge in [0.05, 0.1) is 29.3 Å². The van der Waals surface area contributed by atoms with Crippen molar-refractivity contribution < 1.29 is 9.18 Å². The Balaban J connectivity index is 1.79. The van der Waals surface area contributed by atoms with E-state index in [4.69, 9.17) is 10.2 Å². The van der Waals surface area contributed by atoms with Crippen LogP contribution in [0, 0.1) is 23.1 Å². The van der Waals surface area contributed by atoms with Gasteiger partial charge >= 0.3 is 0 Å². The summed E-state index contributed by atoms with van der Waals surface area (Å²) in [6, 6.07) is 8.06. The highest BCUT2D eigenvalue weighted by Gasteiger charge is 2.26. The number of aryl methyl sites for hydroxylation is 1. The number of hydrogen-bond donors (Lipinski definition) is 1. The van der Waals surface area contributed by atoms with Gasteiger partial charge in [0.15, 0.2) is 5.16 Å². The molecule has 1 amide bonds. The quantitative estimate of drug-likeness (QED) is 0.346. The van der Waals surface area contributed by atoms with Crippen LogP contribution in [0.25, 0.3) is 15.9 Å². The molecule has 160 valence electrons. The number of amides is 1. The second-order valence-electron chi connectivity index (χ2n) is 7.57. The topological polar surface area (TPSA) is 87.8 Å². The Bertz CT molecular complexity index is 1240. The Hall–Kier alpha value is -2.70. The molecule has 6 nitrogen and oxygen atoms in total. The molecule has 1 atom stereocenters. The molecule has 0 unspecified atom stereocenters. The lowest BCUT2D eigenvalue weighted by Gasteiger charge is -2.18. The van der Waals surface area contributed by atoms with Crippen molar-refractivity contribution in [2.45, 2.75) is 37.8 Å². The molecule has 9 heteroatoms. The Labute approximate surface area is 187 Å². The predicted octanol–water partition coefficient (Wildman–Crippen LogP) is 3.83. The fraction of sp³-hybridized carbons (Fsp3) is 0.364. The smallest absolute Gasteiger partial charge is 0.267 e. The van der Waals surface area contributed by atoms with Gasteiger partial charge in [-0.05, 0) is 42.9 Å². The van der Waals surface area contributed by atoms with E-state index in [0.29, 0.717) is 16.1 Å². The lowest BCUT2D eigenvalue weighted by Crippen LogP contribution is -2.27. The largest absolute Gasteiger partial charge is 0.354 e. The van der Waals surface area contributed by atoms with Gasteiger partial charge in [-0.1, -0.05) is 30.8 Å². The molecule has 2 heterocycles. The third-order valence-electron chi connectivity index (χ3n) is 5.28. The zero-order valence-corrected chi connectivity index (χ0v) is 18.6. The molecule has 0 aliphatic heterocycles. The van der Waals surface area contributed by atoms with E-state index >= 15 is 0 Å². The number of nitrogens with one attached hydrogen (secondary N) is 1. The van der Waals surface area contributed by atoms with E-state index in [1.54, 1.807) is 18.2 Å². The molecular weight excluding hydrogens is 435 g/mol. The van der Waals surface area contributed by atoms with Crippen LogP contribution in [0.5, 0.6) is 0 Å². The van der Waals surface area contributed by atoms with Crippen LogP contribution in [0.2, 0.25) is 0 Å². The van der Waals surface area contributed by atoms with Crippen molar-refractivity contribution in [2.24, 2.45) is 5.92 Å². The first-order valence-electron chi connectivity index (χ1n) is 10.1. The molecule has 0 saturated carbocycles. The zero-order valence-electron chi connectivity index (χ0n) is 17.0. The summed E-state index contributed by atoms with van der Waals surface area (Å²) in [5.41, 5.74) is 0.861. The van der Waals surface area contributed by atoms with Gasteiger partial charge in [-0.15, -0.1) is 11.3 Å². The molecule has 1 aromatic carbocycles. The second kappa shape index (κ2) is 9.20. The van der Waals surface area contributed by atoms with Crippen LogP contribution in [0.1, 0.15) is 30.2 Å². The zero-order chi connectivity index (χ0) is 22.0. The molecule has 0 radical (unpaired) electrons. The van der Waals surface area contributed by atoms with Gasteiger partial charge in [-0.3, -0.25) is 14.2 Å². The van der Waals surface area contributed by atoms with Crippen LogP contribution < -0.4 is 10.9 Å². The number of fused-ring (bicyclic) bond motifs is 3.